The molecule has 0 saturated heterocycles. The molecule has 0 unspecified atom stereocenters. The molecule has 0 aromatic rings. The van der Waals surface area contributed by atoms with Gasteiger partial charge in [-0.1, -0.05) is 6.08 Å². The van der Waals surface area contributed by atoms with Gasteiger partial charge in [-0.3, -0.25) is 0 Å². The second kappa shape index (κ2) is 4.07. The Morgan fingerprint density at radius 3 is 3.00 bits per heavy atom. The third-order valence-electron chi connectivity index (χ3n) is 1.53. The Balaban J connectivity index is 2.68. The monoisotopic (exact) mass is 168 g/mol. The van der Waals surface area contributed by atoms with Crippen LogP contribution >= 0.6 is 0 Å². The predicted molar refractivity (Wildman–Crippen MR) is 44.7 cm³/mol. The summed E-state index contributed by atoms with van der Waals surface area (Å²) in [6.07, 6.45) is 3.39. The van der Waals surface area contributed by atoms with Crippen LogP contribution in [0.5, 0.6) is 0 Å². The molecule has 3 heteroatoms. The fourth-order valence-electron chi connectivity index (χ4n) is 1.02. The lowest BCUT2D eigenvalue weighted by Gasteiger charge is -2.12. The van der Waals surface area contributed by atoms with Crippen LogP contribution in [-0.2, 0) is 14.3 Å². The molecule has 1 aliphatic rings. The summed E-state index contributed by atoms with van der Waals surface area (Å²) in [7, 11) is 1.36. The highest BCUT2D eigenvalue weighted by molar-refractivity contribution is 5.83. The summed E-state index contributed by atoms with van der Waals surface area (Å²) in [6.45, 7) is 3.11. The molecule has 0 bridgehead atoms. The molecule has 0 aromatic carbocycles. The van der Waals surface area contributed by atoms with Crippen molar-refractivity contribution in [2.45, 2.75) is 6.92 Å². The van der Waals surface area contributed by atoms with E-state index in [1.165, 1.54) is 13.2 Å². The number of carbonyl (C=O) groups excluding carboxylic acids is 1. The maximum atomic E-state index is 10.8. The Kier molecular flexibility index (Phi) is 3.05. The lowest BCUT2D eigenvalue weighted by Crippen LogP contribution is -2.08. The van der Waals surface area contributed by atoms with E-state index in [-0.39, 0.29) is 5.97 Å². The number of carbonyl (C=O) groups is 1. The molecule has 0 atom stereocenters. The van der Waals surface area contributed by atoms with E-state index in [1.807, 2.05) is 13.0 Å². The summed E-state index contributed by atoms with van der Waals surface area (Å²) in [5.41, 5.74) is 1.99. The molecule has 0 saturated carbocycles. The Hall–Kier alpha value is -1.09. The van der Waals surface area contributed by atoms with Gasteiger partial charge in [0.15, 0.2) is 0 Å². The molecule has 0 aromatic heterocycles. The SMILES string of the molecule is COC(=O)/C=C1\C=C(C)COC1. The molecule has 0 aliphatic carbocycles. The molecule has 0 N–H and O–H groups in total. The average molecular weight is 168 g/mol. The van der Waals surface area contributed by atoms with Crippen LogP contribution in [0.2, 0.25) is 0 Å². The Labute approximate surface area is 71.7 Å². The summed E-state index contributed by atoms with van der Waals surface area (Å²) >= 11 is 0. The van der Waals surface area contributed by atoms with Crippen LogP contribution in [0.1, 0.15) is 6.92 Å². The average Bonchev–Trinajstić information content (AvgIpc) is 2.04. The van der Waals surface area contributed by atoms with Gasteiger partial charge in [-0.25, -0.2) is 4.79 Å². The lowest BCUT2D eigenvalue weighted by atomic mass is 10.1. The van der Waals surface area contributed by atoms with E-state index in [0.717, 1.165) is 11.1 Å². The second-order valence-corrected chi connectivity index (χ2v) is 2.73. The smallest absolute Gasteiger partial charge is 0.330 e. The van der Waals surface area contributed by atoms with Gasteiger partial charge in [0.05, 0.1) is 20.3 Å². The fraction of sp³-hybridized carbons (Fsp3) is 0.444. The van der Waals surface area contributed by atoms with Crippen LogP contribution in [0, 0.1) is 0 Å². The van der Waals surface area contributed by atoms with Gasteiger partial charge in [0.1, 0.15) is 0 Å². The maximum absolute atomic E-state index is 10.8. The zero-order valence-electron chi connectivity index (χ0n) is 7.29. The van der Waals surface area contributed by atoms with Gasteiger partial charge >= 0.3 is 5.97 Å². The topological polar surface area (TPSA) is 35.5 Å². The number of ether oxygens (including phenoxy) is 2. The first-order valence-electron chi connectivity index (χ1n) is 3.76. The minimum absolute atomic E-state index is 0.334. The summed E-state index contributed by atoms with van der Waals surface area (Å²) in [4.78, 5) is 10.8. The predicted octanol–water partition coefficient (Wildman–Crippen LogP) is 1.06. The van der Waals surface area contributed by atoms with Crippen molar-refractivity contribution in [3.05, 3.63) is 23.3 Å². The Morgan fingerprint density at radius 2 is 2.42 bits per heavy atom. The van der Waals surface area contributed by atoms with Crippen LogP contribution in [0.25, 0.3) is 0 Å². The van der Waals surface area contributed by atoms with Crippen molar-refractivity contribution in [2.24, 2.45) is 0 Å². The Bertz CT molecular complexity index is 238. The summed E-state index contributed by atoms with van der Waals surface area (Å²) in [5.74, 6) is -0.334. The van der Waals surface area contributed by atoms with E-state index >= 15 is 0 Å². The highest BCUT2D eigenvalue weighted by Crippen LogP contribution is 2.10. The quantitative estimate of drug-likeness (QED) is 0.434. The van der Waals surface area contributed by atoms with Gasteiger partial charge in [-0.2, -0.15) is 0 Å². The number of hydrogen-bond donors (Lipinski definition) is 0. The van der Waals surface area contributed by atoms with Crippen molar-refractivity contribution < 1.29 is 14.3 Å². The normalized spacial score (nSPS) is 20.5. The van der Waals surface area contributed by atoms with Crippen molar-refractivity contribution in [1.29, 1.82) is 0 Å². The molecule has 1 heterocycles. The zero-order chi connectivity index (χ0) is 8.97. The van der Waals surface area contributed by atoms with Gasteiger partial charge in [0.25, 0.3) is 0 Å². The van der Waals surface area contributed by atoms with Gasteiger partial charge in [-0.15, -0.1) is 0 Å². The number of rotatable bonds is 1. The number of methoxy groups -OCH3 is 1. The summed E-state index contributed by atoms with van der Waals surface area (Å²) < 4.78 is 9.68. The van der Waals surface area contributed by atoms with Crippen LogP contribution < -0.4 is 0 Å². The molecule has 3 nitrogen and oxygen atoms in total. The van der Waals surface area contributed by atoms with Crippen molar-refractivity contribution in [1.82, 2.24) is 0 Å². The number of hydrogen-bond acceptors (Lipinski definition) is 3. The largest absolute Gasteiger partial charge is 0.466 e. The van der Waals surface area contributed by atoms with Gasteiger partial charge in [0.2, 0.25) is 0 Å². The number of esters is 1. The first kappa shape index (κ1) is 9.00. The molecule has 1 aliphatic heterocycles. The van der Waals surface area contributed by atoms with E-state index in [1.54, 1.807) is 0 Å². The minimum atomic E-state index is -0.334. The van der Waals surface area contributed by atoms with E-state index in [0.29, 0.717) is 13.2 Å². The van der Waals surface area contributed by atoms with Crippen LogP contribution in [-0.4, -0.2) is 26.3 Å². The Morgan fingerprint density at radius 1 is 1.67 bits per heavy atom. The van der Waals surface area contributed by atoms with Crippen molar-refractivity contribution in [3.63, 3.8) is 0 Å². The molecular formula is C9H12O3. The van der Waals surface area contributed by atoms with Crippen molar-refractivity contribution >= 4 is 5.97 Å². The maximum Gasteiger partial charge on any atom is 0.330 e. The summed E-state index contributed by atoms with van der Waals surface area (Å²) in [5, 5.41) is 0. The third kappa shape index (κ3) is 2.51. The van der Waals surface area contributed by atoms with E-state index in [2.05, 4.69) is 4.74 Å². The van der Waals surface area contributed by atoms with Gasteiger partial charge < -0.3 is 9.47 Å². The summed E-state index contributed by atoms with van der Waals surface area (Å²) in [6, 6.07) is 0. The van der Waals surface area contributed by atoms with E-state index in [4.69, 9.17) is 4.74 Å². The molecule has 0 spiro atoms. The zero-order valence-corrected chi connectivity index (χ0v) is 7.29. The van der Waals surface area contributed by atoms with Crippen molar-refractivity contribution in [3.8, 4) is 0 Å². The molecular weight excluding hydrogens is 156 g/mol. The van der Waals surface area contributed by atoms with Gasteiger partial charge in [0, 0.05) is 6.08 Å². The first-order valence-corrected chi connectivity index (χ1v) is 3.76. The molecule has 1 rings (SSSR count). The fourth-order valence-corrected chi connectivity index (χ4v) is 1.02. The van der Waals surface area contributed by atoms with Gasteiger partial charge in [-0.05, 0) is 18.1 Å². The lowest BCUT2D eigenvalue weighted by molar-refractivity contribution is -0.134. The first-order chi connectivity index (χ1) is 5.72. The molecule has 66 valence electrons. The van der Waals surface area contributed by atoms with Crippen LogP contribution in [0.3, 0.4) is 0 Å². The van der Waals surface area contributed by atoms with Crippen LogP contribution in [0.15, 0.2) is 23.3 Å². The van der Waals surface area contributed by atoms with E-state index in [9.17, 15) is 4.79 Å². The third-order valence-corrected chi connectivity index (χ3v) is 1.53. The molecule has 0 radical (unpaired) electrons. The molecule has 12 heavy (non-hydrogen) atoms. The molecule has 0 amide bonds. The molecule has 0 fully saturated rings. The van der Waals surface area contributed by atoms with E-state index < -0.39 is 0 Å². The minimum Gasteiger partial charge on any atom is -0.466 e. The highest BCUT2D eigenvalue weighted by atomic mass is 16.5. The van der Waals surface area contributed by atoms with Crippen LogP contribution in [0.4, 0.5) is 0 Å². The highest BCUT2D eigenvalue weighted by Gasteiger charge is 2.05. The standard InChI is InChI=1S/C9H12O3/c1-7-3-8(6-12-5-7)4-9(10)11-2/h3-4H,5-6H2,1-2H3/b8-4+. The van der Waals surface area contributed by atoms with Crippen molar-refractivity contribution in [2.75, 3.05) is 20.3 Å². The second-order valence-electron chi connectivity index (χ2n) is 2.73.